The highest BCUT2D eigenvalue weighted by atomic mass is 32.1. The SMILES string of the molecule is COc1ccc(N2C(=O)c3cccc4c(-c5sc(-c6ccc(N(c7ccc(-c8sc(-c9ccc%10c%11c(cccc9%11)C(=O)N(c9ccc(OC)cc9)C%10=O)c9c8OCCO9)cc7)c7ccc(-c8sc(-c9ccc%10c%11c(cccc9%11)C(=O)N(c9ccc(OC)cc9)C%10=O)c9c8OCCO9)cc7)cc6)c6c5OCCO6)ccc(c34)C2=O)cc1. The number of fused-ring (bicyclic) bond motifs is 3. The Balaban J connectivity index is 0.649. The van der Waals surface area contributed by atoms with Crippen LogP contribution in [0.1, 0.15) is 62.1 Å². The van der Waals surface area contributed by atoms with Gasteiger partial charge in [-0.1, -0.05) is 91.0 Å². The van der Waals surface area contributed by atoms with Gasteiger partial charge in [-0.2, -0.15) is 0 Å². The molecule has 22 heteroatoms. The number of benzene rings is 12. The number of anilines is 6. The van der Waals surface area contributed by atoms with Crippen LogP contribution in [0, 0.1) is 0 Å². The molecule has 0 atom stereocenters. The van der Waals surface area contributed by atoms with Crippen LogP contribution in [0.5, 0.6) is 51.7 Å². The van der Waals surface area contributed by atoms with E-state index >= 15 is 0 Å². The fourth-order valence-electron chi connectivity index (χ4n) is 16.5. The number of hydrogen-bond donors (Lipinski definition) is 0. The lowest BCUT2D eigenvalue weighted by molar-refractivity contribution is 0.0877. The predicted molar refractivity (Wildman–Crippen MR) is 445 cm³/mol. The van der Waals surface area contributed by atoms with Crippen molar-refractivity contribution >= 4 is 136 Å². The Bertz CT molecular complexity index is 5990. The average molecular weight is 1570 g/mol. The minimum Gasteiger partial charge on any atom is -0.497 e. The normalized spacial score (nSPS) is 14.5. The van der Waals surface area contributed by atoms with Gasteiger partial charge in [0.15, 0.2) is 34.5 Å². The molecule has 0 unspecified atom stereocenters. The summed E-state index contributed by atoms with van der Waals surface area (Å²) in [4.78, 5) is 97.4. The Morgan fingerprint density at radius 3 is 0.730 bits per heavy atom. The van der Waals surface area contributed by atoms with Gasteiger partial charge in [-0.25, -0.2) is 14.7 Å². The number of thiophene rings is 3. The summed E-state index contributed by atoms with van der Waals surface area (Å²) in [5.41, 5.74) is 11.2. The van der Waals surface area contributed by atoms with Crippen LogP contribution in [0.4, 0.5) is 34.1 Å². The summed E-state index contributed by atoms with van der Waals surface area (Å²) in [7, 11) is 4.69. The van der Waals surface area contributed by atoms with Gasteiger partial charge in [-0.3, -0.25) is 28.8 Å². The van der Waals surface area contributed by atoms with E-state index in [1.165, 1.54) is 48.7 Å². The van der Waals surface area contributed by atoms with Gasteiger partial charge in [0.2, 0.25) is 0 Å². The number of imide groups is 3. The molecule has 21 rings (SSSR count). The molecule has 0 fully saturated rings. The Labute approximate surface area is 667 Å². The van der Waals surface area contributed by atoms with Crippen LogP contribution in [0.15, 0.2) is 237 Å². The molecule has 0 N–H and O–H groups in total. The molecular weight excluding hydrogens is 1510 g/mol. The summed E-state index contributed by atoms with van der Waals surface area (Å²) in [5.74, 6) is 2.77. The molecule has 9 heterocycles. The highest BCUT2D eigenvalue weighted by molar-refractivity contribution is 7.20. The molecule has 6 aliphatic rings. The minimum absolute atomic E-state index is 0.319. The smallest absolute Gasteiger partial charge is 0.265 e. The van der Waals surface area contributed by atoms with Gasteiger partial charge in [0, 0.05) is 83.3 Å². The van der Waals surface area contributed by atoms with Crippen molar-refractivity contribution in [3.05, 3.63) is 270 Å². The van der Waals surface area contributed by atoms with Crippen molar-refractivity contribution in [2.24, 2.45) is 0 Å². The maximum atomic E-state index is 14.4. The van der Waals surface area contributed by atoms with Crippen LogP contribution in [0.3, 0.4) is 0 Å². The fraction of sp³-hybridized carbons (Fsp3) is 0.0968. The summed E-state index contributed by atoms with van der Waals surface area (Å²) in [6.45, 7) is 1.94. The molecule has 6 amide bonds. The van der Waals surface area contributed by atoms with E-state index in [4.69, 9.17) is 42.6 Å². The first-order chi connectivity index (χ1) is 56.4. The molecule has 115 heavy (non-hydrogen) atoms. The Morgan fingerprint density at radius 2 is 0.487 bits per heavy atom. The predicted octanol–water partition coefficient (Wildman–Crippen LogP) is 20.5. The Kier molecular flexibility index (Phi) is 16.3. The summed E-state index contributed by atoms with van der Waals surface area (Å²) < 4.78 is 55.3. The lowest BCUT2D eigenvalue weighted by Crippen LogP contribution is -2.40. The zero-order chi connectivity index (χ0) is 77.6. The van der Waals surface area contributed by atoms with E-state index in [2.05, 4.69) is 77.7 Å². The van der Waals surface area contributed by atoms with E-state index in [1.54, 1.807) is 131 Å². The number of carbonyl (C=O) groups excluding carboxylic acids is 6. The molecule has 0 radical (unpaired) electrons. The second-order valence-electron chi connectivity index (χ2n) is 27.9. The van der Waals surface area contributed by atoms with Crippen molar-refractivity contribution in [1.82, 2.24) is 0 Å². The first kappa shape index (κ1) is 68.9. The van der Waals surface area contributed by atoms with Crippen molar-refractivity contribution < 1.29 is 71.4 Å². The van der Waals surface area contributed by atoms with E-state index < -0.39 is 35.4 Å². The van der Waals surface area contributed by atoms with Crippen molar-refractivity contribution in [2.45, 2.75) is 0 Å². The van der Waals surface area contributed by atoms with Crippen LogP contribution >= 0.6 is 34.0 Å². The number of hydrogen-bond acceptors (Lipinski definition) is 19. The van der Waals surface area contributed by atoms with E-state index in [0.717, 1.165) is 95.9 Å². The topological polar surface area (TPSA) is 198 Å². The first-order valence-electron chi connectivity index (χ1n) is 37.1. The molecule has 15 aromatic rings. The first-order valence-corrected chi connectivity index (χ1v) is 39.5. The number of ether oxygens (including phenoxy) is 9. The van der Waals surface area contributed by atoms with Gasteiger partial charge in [0.25, 0.3) is 35.4 Å². The van der Waals surface area contributed by atoms with E-state index in [1.807, 2.05) is 54.6 Å². The third-order valence-electron chi connectivity index (χ3n) is 21.8. The van der Waals surface area contributed by atoms with Crippen LogP contribution < -0.4 is 62.2 Å². The molecule has 0 spiro atoms. The molecule has 3 aromatic heterocycles. The number of amides is 6. The molecule has 12 aromatic carbocycles. The molecule has 0 bridgehead atoms. The lowest BCUT2D eigenvalue weighted by Gasteiger charge is -2.28. The van der Waals surface area contributed by atoms with Crippen molar-refractivity contribution in [1.29, 1.82) is 0 Å². The second kappa shape index (κ2) is 27.1. The lowest BCUT2D eigenvalue weighted by atomic mass is 9.90. The van der Waals surface area contributed by atoms with Crippen LogP contribution in [0.2, 0.25) is 0 Å². The quantitative estimate of drug-likeness (QED) is 0.0877. The number of nitrogens with zero attached hydrogens (tertiary/aromatic N) is 4. The monoisotopic (exact) mass is 1570 g/mol. The van der Waals surface area contributed by atoms with Crippen molar-refractivity contribution in [3.63, 3.8) is 0 Å². The standard InChI is InChI=1S/C93H60N4O15S3/c1-104-58-31-25-55(26-32-58)95-88(98)67-10-4-7-61-64(37-40-70(73(61)67)91(95)101)85-79-76(107-43-46-110-79)82(113-85)49-13-19-52(20-14-49)94(53-21-15-50(16-22-53)83-77-80(111-47-44-108-77)86(114-83)65-38-41-71-74-62(65)8-5-11-68(74)89(99)96(92(71)102)56-27-33-59(105-2)34-28-56)54-23-17-51(18-24-54)84-78-81(112-48-45-109-78)87(115-84)66-39-42-72-75-63(66)9-6-12-69(75)90(100)97(93(72)103)57-29-35-60(106-3)36-30-57/h4-42H,43-48H2,1-3H3. The van der Waals surface area contributed by atoms with Gasteiger partial charge < -0.3 is 47.5 Å². The third kappa shape index (κ3) is 10.8. The van der Waals surface area contributed by atoms with Gasteiger partial charge >= 0.3 is 0 Å². The van der Waals surface area contributed by atoms with Crippen molar-refractivity contribution in [3.8, 4) is 114 Å². The summed E-state index contributed by atoms with van der Waals surface area (Å²) in [6.07, 6.45) is 0. The number of carbonyl (C=O) groups is 6. The average Bonchev–Trinajstić information content (AvgIpc) is 1.64. The summed E-state index contributed by atoms with van der Waals surface area (Å²) >= 11 is 4.55. The molecule has 0 saturated heterocycles. The van der Waals surface area contributed by atoms with Gasteiger partial charge in [0.1, 0.15) is 56.9 Å². The minimum atomic E-state index is -0.428. The zero-order valence-corrected chi connectivity index (χ0v) is 63.8. The largest absolute Gasteiger partial charge is 0.497 e. The molecule has 19 nitrogen and oxygen atoms in total. The molecular formula is C93H60N4O15S3. The van der Waals surface area contributed by atoms with E-state index in [-0.39, 0.29) is 0 Å². The van der Waals surface area contributed by atoms with Crippen LogP contribution in [-0.2, 0) is 0 Å². The zero-order valence-electron chi connectivity index (χ0n) is 61.4. The third-order valence-corrected chi connectivity index (χ3v) is 25.5. The molecule has 0 aliphatic carbocycles. The highest BCUT2D eigenvalue weighted by Gasteiger charge is 2.41. The second-order valence-corrected chi connectivity index (χ2v) is 31.0. The molecule has 6 aliphatic heterocycles. The maximum absolute atomic E-state index is 14.4. The van der Waals surface area contributed by atoms with Crippen molar-refractivity contribution in [2.75, 3.05) is 80.6 Å². The number of methoxy groups -OCH3 is 3. The van der Waals surface area contributed by atoms with Gasteiger partial charge in [0.05, 0.1) is 67.7 Å². The highest BCUT2D eigenvalue weighted by Crippen LogP contribution is 2.60. The van der Waals surface area contributed by atoms with E-state index in [9.17, 15) is 28.8 Å². The molecule has 0 saturated carbocycles. The van der Waals surface area contributed by atoms with Gasteiger partial charge in [-0.05, 0) is 178 Å². The maximum Gasteiger partial charge on any atom is 0.265 e. The Hall–Kier alpha value is -14.1. The van der Waals surface area contributed by atoms with Crippen LogP contribution in [-0.4, -0.2) is 96.4 Å². The van der Waals surface area contributed by atoms with Gasteiger partial charge in [-0.15, -0.1) is 34.0 Å². The van der Waals surface area contributed by atoms with E-state index in [0.29, 0.717) is 158 Å². The summed E-state index contributed by atoms with van der Waals surface area (Å²) in [6, 6.07) is 73.3. The molecule has 560 valence electrons. The van der Waals surface area contributed by atoms with Crippen LogP contribution in [0.25, 0.3) is 95.0 Å². The number of rotatable bonds is 15. The fourth-order valence-corrected chi connectivity index (χ4v) is 20.2. The summed E-state index contributed by atoms with van der Waals surface area (Å²) in [5, 5.41) is 3.89. The Morgan fingerprint density at radius 1 is 0.261 bits per heavy atom.